The van der Waals surface area contributed by atoms with Crippen molar-refractivity contribution in [2.45, 2.75) is 50.2 Å². The van der Waals surface area contributed by atoms with Crippen molar-refractivity contribution in [3.8, 4) is 11.5 Å². The van der Waals surface area contributed by atoms with E-state index >= 15 is 0 Å². The summed E-state index contributed by atoms with van der Waals surface area (Å²) in [6.45, 7) is 1.85. The van der Waals surface area contributed by atoms with Crippen LogP contribution in [0, 0.1) is 0 Å². The van der Waals surface area contributed by atoms with E-state index in [4.69, 9.17) is 9.47 Å². The topological polar surface area (TPSA) is 41.9 Å². The first-order valence-electron chi connectivity index (χ1n) is 15.3. The van der Waals surface area contributed by atoms with Gasteiger partial charge in [0, 0.05) is 31.5 Å². The van der Waals surface area contributed by atoms with Gasteiger partial charge in [-0.05, 0) is 51.9 Å². The number of fused-ring (bicyclic) bond motifs is 3. The number of rotatable bonds is 8. The summed E-state index contributed by atoms with van der Waals surface area (Å²) in [5.41, 5.74) is 5.98. The predicted molar refractivity (Wildman–Crippen MR) is 170 cm³/mol. The van der Waals surface area contributed by atoms with Gasteiger partial charge in [-0.3, -0.25) is 4.90 Å². The lowest BCUT2D eigenvalue weighted by atomic mass is 9.72. The monoisotopic (exact) mass is 567 g/mol. The highest BCUT2D eigenvalue weighted by atomic mass is 16.5. The molecule has 1 fully saturated rings. The Morgan fingerprint density at radius 3 is 1.74 bits per heavy atom. The van der Waals surface area contributed by atoms with Gasteiger partial charge in [0.2, 0.25) is 0 Å². The van der Waals surface area contributed by atoms with Crippen molar-refractivity contribution < 1.29 is 14.6 Å². The van der Waals surface area contributed by atoms with E-state index in [0.29, 0.717) is 26.1 Å². The van der Waals surface area contributed by atoms with Gasteiger partial charge < -0.3 is 14.6 Å². The van der Waals surface area contributed by atoms with Gasteiger partial charge in [0.15, 0.2) is 11.5 Å². The summed E-state index contributed by atoms with van der Waals surface area (Å²) >= 11 is 0. The Balaban J connectivity index is 1.28. The maximum Gasteiger partial charge on any atom is 0.162 e. The van der Waals surface area contributed by atoms with E-state index in [9.17, 15) is 5.11 Å². The minimum atomic E-state index is -0.953. The molecule has 0 radical (unpaired) electrons. The number of benzene rings is 5. The molecule has 4 nitrogen and oxygen atoms in total. The standard InChI is InChI=1S/C39H37NO3/c41-39(33-19-11-4-12-20-33)25-35(31-17-9-3-10-18-31)40-22-21-32-23-37(42-27-29-13-5-1-6-14-29)38(24-34(32)36(40)26-39)43-28-30-15-7-2-8-16-30/h1-20,23-24,35-36,41H,21-22,25-28H2/t35-,36-,39-/m0/s1. The molecule has 0 amide bonds. The SMILES string of the molecule is O[C@@]1(c2ccccc2)C[C@@H](c2ccccc2)N2CCc3cc(OCc4ccccc4)c(OCc4ccccc4)cc3[C@@H]2C1. The van der Waals surface area contributed by atoms with Crippen LogP contribution in [0.1, 0.15) is 58.3 Å². The molecule has 2 heterocycles. The number of aliphatic hydroxyl groups is 1. The molecule has 0 aromatic heterocycles. The van der Waals surface area contributed by atoms with Gasteiger partial charge >= 0.3 is 0 Å². The average Bonchev–Trinajstić information content (AvgIpc) is 3.07. The molecule has 2 aliphatic heterocycles. The van der Waals surface area contributed by atoms with Gasteiger partial charge in [0.25, 0.3) is 0 Å². The second-order valence-corrected chi connectivity index (χ2v) is 11.8. The van der Waals surface area contributed by atoms with Crippen LogP contribution in [0.3, 0.4) is 0 Å². The van der Waals surface area contributed by atoms with Crippen LogP contribution < -0.4 is 9.47 Å². The van der Waals surface area contributed by atoms with Crippen molar-refractivity contribution in [2.24, 2.45) is 0 Å². The molecular formula is C39H37NO3. The average molecular weight is 568 g/mol. The van der Waals surface area contributed by atoms with E-state index in [1.54, 1.807) is 0 Å². The lowest BCUT2D eigenvalue weighted by Crippen LogP contribution is -2.49. The van der Waals surface area contributed by atoms with Gasteiger partial charge in [0.05, 0.1) is 5.60 Å². The highest BCUT2D eigenvalue weighted by Gasteiger charge is 2.47. The van der Waals surface area contributed by atoms with Crippen molar-refractivity contribution in [3.63, 3.8) is 0 Å². The van der Waals surface area contributed by atoms with Crippen molar-refractivity contribution in [3.05, 3.63) is 167 Å². The Labute approximate surface area is 254 Å². The minimum absolute atomic E-state index is 0.0372. The molecule has 0 bridgehead atoms. The Bertz CT molecular complexity index is 1640. The van der Waals surface area contributed by atoms with E-state index in [1.165, 1.54) is 16.7 Å². The molecule has 0 saturated carbocycles. The Morgan fingerprint density at radius 2 is 1.14 bits per heavy atom. The third-order valence-electron chi connectivity index (χ3n) is 9.04. The molecule has 1 N–H and O–H groups in total. The van der Waals surface area contributed by atoms with Crippen molar-refractivity contribution >= 4 is 0 Å². The summed E-state index contributed by atoms with van der Waals surface area (Å²) in [4.78, 5) is 2.60. The molecule has 216 valence electrons. The number of hydrogen-bond acceptors (Lipinski definition) is 4. The van der Waals surface area contributed by atoms with Gasteiger partial charge in [0.1, 0.15) is 13.2 Å². The van der Waals surface area contributed by atoms with Crippen LogP contribution in [-0.4, -0.2) is 16.6 Å². The molecule has 5 aromatic rings. The van der Waals surface area contributed by atoms with Gasteiger partial charge in [-0.1, -0.05) is 121 Å². The normalized spacial score (nSPS) is 21.4. The molecular weight excluding hydrogens is 530 g/mol. The maximum absolute atomic E-state index is 12.3. The molecule has 3 atom stereocenters. The van der Waals surface area contributed by atoms with Crippen LogP contribution in [-0.2, 0) is 25.2 Å². The zero-order valence-electron chi connectivity index (χ0n) is 24.3. The number of nitrogens with zero attached hydrogens (tertiary/aromatic N) is 1. The van der Waals surface area contributed by atoms with E-state index in [0.717, 1.165) is 41.2 Å². The van der Waals surface area contributed by atoms with E-state index < -0.39 is 5.60 Å². The third-order valence-corrected chi connectivity index (χ3v) is 9.04. The highest BCUT2D eigenvalue weighted by Crippen LogP contribution is 2.53. The Kier molecular flexibility index (Phi) is 7.71. The summed E-state index contributed by atoms with van der Waals surface area (Å²) in [5, 5.41) is 12.3. The fraction of sp³-hybridized carbons (Fsp3) is 0.231. The van der Waals surface area contributed by atoms with Crippen LogP contribution in [0.25, 0.3) is 0 Å². The molecule has 2 aliphatic rings. The van der Waals surface area contributed by atoms with Crippen LogP contribution >= 0.6 is 0 Å². The summed E-state index contributed by atoms with van der Waals surface area (Å²) in [6.07, 6.45) is 2.19. The van der Waals surface area contributed by atoms with E-state index in [1.807, 2.05) is 54.6 Å². The summed E-state index contributed by atoms with van der Waals surface area (Å²) in [7, 11) is 0. The van der Waals surface area contributed by atoms with Crippen molar-refractivity contribution in [1.82, 2.24) is 4.90 Å². The van der Waals surface area contributed by atoms with Gasteiger partial charge in [-0.2, -0.15) is 0 Å². The molecule has 5 aromatic carbocycles. The Morgan fingerprint density at radius 1 is 0.628 bits per heavy atom. The molecule has 7 rings (SSSR count). The summed E-state index contributed by atoms with van der Waals surface area (Å²) in [6, 6.07) is 45.9. The van der Waals surface area contributed by atoms with Gasteiger partial charge in [-0.25, -0.2) is 0 Å². The number of piperidine rings is 1. The number of hydrogen-bond donors (Lipinski definition) is 1. The second kappa shape index (κ2) is 12.1. The molecule has 1 saturated heterocycles. The summed E-state index contributed by atoms with van der Waals surface area (Å²) in [5.74, 6) is 1.51. The van der Waals surface area contributed by atoms with Crippen molar-refractivity contribution in [2.75, 3.05) is 6.54 Å². The van der Waals surface area contributed by atoms with Crippen LogP contribution in [0.4, 0.5) is 0 Å². The largest absolute Gasteiger partial charge is 0.485 e. The zero-order valence-corrected chi connectivity index (χ0v) is 24.3. The second-order valence-electron chi connectivity index (χ2n) is 11.8. The van der Waals surface area contributed by atoms with Crippen LogP contribution in [0.2, 0.25) is 0 Å². The quantitative estimate of drug-likeness (QED) is 0.205. The molecule has 43 heavy (non-hydrogen) atoms. The minimum Gasteiger partial charge on any atom is -0.485 e. The van der Waals surface area contributed by atoms with Crippen LogP contribution in [0.15, 0.2) is 133 Å². The first kappa shape index (κ1) is 27.5. The fourth-order valence-electron chi connectivity index (χ4n) is 6.83. The smallest absolute Gasteiger partial charge is 0.162 e. The molecule has 0 spiro atoms. The number of ether oxygens (including phenoxy) is 2. The predicted octanol–water partition coefficient (Wildman–Crippen LogP) is 8.17. The Hall–Kier alpha value is -4.38. The molecule has 4 heteroatoms. The fourth-order valence-corrected chi connectivity index (χ4v) is 6.83. The van der Waals surface area contributed by atoms with Crippen molar-refractivity contribution in [1.29, 1.82) is 0 Å². The maximum atomic E-state index is 12.3. The first-order valence-corrected chi connectivity index (χ1v) is 15.3. The zero-order chi connectivity index (χ0) is 29.1. The molecule has 0 unspecified atom stereocenters. The third kappa shape index (κ3) is 5.81. The first-order chi connectivity index (χ1) is 21.2. The van der Waals surface area contributed by atoms with E-state index in [2.05, 4.69) is 83.8 Å². The van der Waals surface area contributed by atoms with E-state index in [-0.39, 0.29) is 12.1 Å². The lowest BCUT2D eigenvalue weighted by molar-refractivity contribution is -0.0856. The lowest BCUT2D eigenvalue weighted by Gasteiger charge is -2.52. The van der Waals surface area contributed by atoms with Crippen LogP contribution in [0.5, 0.6) is 11.5 Å². The highest BCUT2D eigenvalue weighted by molar-refractivity contribution is 5.50. The molecule has 0 aliphatic carbocycles. The summed E-state index contributed by atoms with van der Waals surface area (Å²) < 4.78 is 12.9. The van der Waals surface area contributed by atoms with Gasteiger partial charge in [-0.15, -0.1) is 0 Å².